The highest BCUT2D eigenvalue weighted by Crippen LogP contribution is 2.33. The second-order valence-electron chi connectivity index (χ2n) is 6.94. The van der Waals surface area contributed by atoms with Crippen LogP contribution < -0.4 is 5.01 Å². The summed E-state index contributed by atoms with van der Waals surface area (Å²) in [5.74, 6) is 0.226. The van der Waals surface area contributed by atoms with Gasteiger partial charge in [0.1, 0.15) is 17.5 Å². The Labute approximate surface area is 163 Å². The maximum absolute atomic E-state index is 13.5. The molecule has 7 nitrogen and oxygen atoms in total. The summed E-state index contributed by atoms with van der Waals surface area (Å²) >= 11 is 0. The molecule has 1 fully saturated rings. The predicted octanol–water partition coefficient (Wildman–Crippen LogP) is 2.97. The number of carbonyl (C=O) groups is 2. The summed E-state index contributed by atoms with van der Waals surface area (Å²) in [7, 11) is 0. The molecular weight excluding hydrogens is 358 g/mol. The topological polar surface area (TPSA) is 75.3 Å². The van der Waals surface area contributed by atoms with Crippen LogP contribution in [-0.4, -0.2) is 41.2 Å². The highest BCUT2D eigenvalue weighted by atomic mass is 16.5. The number of benzene rings is 1. The molecule has 0 unspecified atom stereocenters. The molecule has 1 aromatic heterocycles. The van der Waals surface area contributed by atoms with Crippen LogP contribution in [0, 0.1) is 0 Å². The molecule has 0 spiro atoms. The fourth-order valence-corrected chi connectivity index (χ4v) is 3.39. The molecule has 0 bridgehead atoms. The summed E-state index contributed by atoms with van der Waals surface area (Å²) in [6.45, 7) is 2.45. The number of nitrogens with zero attached hydrogens (tertiary/aromatic N) is 3. The van der Waals surface area contributed by atoms with Gasteiger partial charge in [0, 0.05) is 12.5 Å². The van der Waals surface area contributed by atoms with Crippen molar-refractivity contribution in [2.24, 2.45) is 5.10 Å². The lowest BCUT2D eigenvalue weighted by Gasteiger charge is -2.29. The molecule has 4 rings (SSSR count). The summed E-state index contributed by atoms with van der Waals surface area (Å²) in [6, 6.07) is 12.8. The minimum Gasteiger partial charge on any atom is -0.467 e. The molecule has 1 atom stereocenters. The number of esters is 1. The summed E-state index contributed by atoms with van der Waals surface area (Å²) in [5, 5.41) is 6.09. The van der Waals surface area contributed by atoms with E-state index in [0.29, 0.717) is 6.54 Å². The van der Waals surface area contributed by atoms with Crippen molar-refractivity contribution in [1.82, 2.24) is 4.90 Å². The van der Waals surface area contributed by atoms with E-state index in [4.69, 9.17) is 9.15 Å². The summed E-state index contributed by atoms with van der Waals surface area (Å²) < 4.78 is 10.6. The van der Waals surface area contributed by atoms with E-state index in [9.17, 15) is 9.59 Å². The lowest BCUT2D eigenvalue weighted by Crippen LogP contribution is -2.46. The van der Waals surface area contributed by atoms with Crippen LogP contribution in [0.25, 0.3) is 0 Å². The van der Waals surface area contributed by atoms with E-state index in [1.165, 1.54) is 0 Å². The minimum atomic E-state index is -0.572. The maximum atomic E-state index is 13.5. The van der Waals surface area contributed by atoms with Gasteiger partial charge in [0.15, 0.2) is 0 Å². The monoisotopic (exact) mass is 381 g/mol. The smallest absolute Gasteiger partial charge is 0.354 e. The number of hydrazone groups is 1. The number of para-hydroxylation sites is 1. The molecule has 2 heterocycles. The number of amides is 1. The van der Waals surface area contributed by atoms with Crippen LogP contribution in [0.1, 0.15) is 31.9 Å². The number of rotatable bonds is 7. The lowest BCUT2D eigenvalue weighted by molar-refractivity contribution is -0.135. The second-order valence-corrected chi connectivity index (χ2v) is 6.94. The first kappa shape index (κ1) is 18.3. The first-order valence-electron chi connectivity index (χ1n) is 9.59. The van der Waals surface area contributed by atoms with Crippen LogP contribution in [0.3, 0.4) is 0 Å². The van der Waals surface area contributed by atoms with Gasteiger partial charge in [-0.3, -0.25) is 9.80 Å². The first-order valence-corrected chi connectivity index (χ1v) is 9.59. The Kier molecular flexibility index (Phi) is 5.14. The average molecular weight is 381 g/mol. The van der Waals surface area contributed by atoms with Crippen molar-refractivity contribution in [2.75, 3.05) is 11.6 Å². The van der Waals surface area contributed by atoms with Crippen molar-refractivity contribution in [3.63, 3.8) is 0 Å². The number of anilines is 1. The summed E-state index contributed by atoms with van der Waals surface area (Å²) in [4.78, 5) is 27.6. The SMILES string of the molecule is CCOC(=O)C1=NN(c2ccccc2)[C@@H](C(=O)N(Cc2ccco2)C2CC2)C1. The molecule has 0 radical (unpaired) electrons. The van der Waals surface area contributed by atoms with E-state index in [-0.39, 0.29) is 30.7 Å². The zero-order valence-electron chi connectivity index (χ0n) is 15.8. The normalized spacial score (nSPS) is 18.7. The van der Waals surface area contributed by atoms with Gasteiger partial charge in [0.2, 0.25) is 5.91 Å². The van der Waals surface area contributed by atoms with E-state index in [1.807, 2.05) is 47.4 Å². The van der Waals surface area contributed by atoms with Crippen LogP contribution in [0.5, 0.6) is 0 Å². The lowest BCUT2D eigenvalue weighted by atomic mass is 10.1. The van der Waals surface area contributed by atoms with Crippen LogP contribution >= 0.6 is 0 Å². The Balaban J connectivity index is 1.60. The van der Waals surface area contributed by atoms with E-state index >= 15 is 0 Å². The quantitative estimate of drug-likeness (QED) is 0.689. The zero-order chi connectivity index (χ0) is 19.5. The van der Waals surface area contributed by atoms with Gasteiger partial charge < -0.3 is 14.1 Å². The first-order chi connectivity index (χ1) is 13.7. The molecule has 7 heteroatoms. The highest BCUT2D eigenvalue weighted by Gasteiger charge is 2.43. The number of carbonyl (C=O) groups excluding carboxylic acids is 2. The number of furan rings is 1. The summed E-state index contributed by atoms with van der Waals surface area (Å²) in [5.41, 5.74) is 1.05. The van der Waals surface area contributed by atoms with Gasteiger partial charge >= 0.3 is 5.97 Å². The fraction of sp³-hybridized carbons (Fsp3) is 0.381. The minimum absolute atomic E-state index is 0.0502. The zero-order valence-corrected chi connectivity index (χ0v) is 15.8. The fourth-order valence-electron chi connectivity index (χ4n) is 3.39. The molecule has 0 N–H and O–H groups in total. The van der Waals surface area contributed by atoms with Gasteiger partial charge in [0.05, 0.1) is 25.1 Å². The third-order valence-electron chi connectivity index (χ3n) is 4.90. The van der Waals surface area contributed by atoms with Crippen molar-refractivity contribution < 1.29 is 18.7 Å². The van der Waals surface area contributed by atoms with Crippen molar-refractivity contribution in [3.05, 3.63) is 54.5 Å². The van der Waals surface area contributed by atoms with Gasteiger partial charge in [-0.2, -0.15) is 5.10 Å². The van der Waals surface area contributed by atoms with Crippen LogP contribution in [0.2, 0.25) is 0 Å². The van der Waals surface area contributed by atoms with Crippen molar-refractivity contribution in [3.8, 4) is 0 Å². The molecule has 2 aliphatic rings. The molecule has 28 heavy (non-hydrogen) atoms. The standard InChI is InChI=1S/C21H23N3O4/c1-2-27-21(26)18-13-19(24(22-18)16-7-4-3-5-8-16)20(25)23(15-10-11-15)14-17-9-6-12-28-17/h3-9,12,15,19H,2,10-11,13-14H2,1H3/t19-/m1/s1. The van der Waals surface area contributed by atoms with E-state index < -0.39 is 12.0 Å². The van der Waals surface area contributed by atoms with Gasteiger partial charge in [-0.05, 0) is 44.0 Å². The third-order valence-corrected chi connectivity index (χ3v) is 4.90. The molecule has 2 aromatic rings. The van der Waals surface area contributed by atoms with Crippen molar-refractivity contribution >= 4 is 23.3 Å². The Morgan fingerprint density at radius 3 is 2.64 bits per heavy atom. The van der Waals surface area contributed by atoms with Crippen molar-refractivity contribution in [1.29, 1.82) is 0 Å². The molecule has 0 saturated heterocycles. The number of hydrogen-bond donors (Lipinski definition) is 0. The highest BCUT2D eigenvalue weighted by molar-refractivity contribution is 6.38. The Bertz CT molecular complexity index is 859. The molecule has 1 aliphatic heterocycles. The molecule has 1 aliphatic carbocycles. The molecule has 1 aromatic carbocycles. The average Bonchev–Trinajstić information content (AvgIpc) is 3.24. The van der Waals surface area contributed by atoms with Gasteiger partial charge in [-0.1, -0.05) is 18.2 Å². The van der Waals surface area contributed by atoms with Crippen molar-refractivity contribution in [2.45, 2.75) is 44.8 Å². The predicted molar refractivity (Wildman–Crippen MR) is 104 cm³/mol. The Morgan fingerprint density at radius 1 is 1.21 bits per heavy atom. The maximum Gasteiger partial charge on any atom is 0.354 e. The molecular formula is C21H23N3O4. The van der Waals surface area contributed by atoms with Crippen LogP contribution in [-0.2, 0) is 20.9 Å². The van der Waals surface area contributed by atoms with Gasteiger partial charge in [-0.15, -0.1) is 0 Å². The van der Waals surface area contributed by atoms with Gasteiger partial charge in [0.25, 0.3) is 0 Å². The van der Waals surface area contributed by atoms with Gasteiger partial charge in [-0.25, -0.2) is 4.79 Å². The molecule has 1 saturated carbocycles. The molecule has 146 valence electrons. The molecule has 1 amide bonds. The van der Waals surface area contributed by atoms with Crippen LogP contribution in [0.4, 0.5) is 5.69 Å². The largest absolute Gasteiger partial charge is 0.467 e. The Hall–Kier alpha value is -3.09. The van der Waals surface area contributed by atoms with E-state index in [2.05, 4.69) is 5.10 Å². The van der Waals surface area contributed by atoms with E-state index in [1.54, 1.807) is 18.2 Å². The summed E-state index contributed by atoms with van der Waals surface area (Å²) in [6.07, 6.45) is 3.80. The third kappa shape index (κ3) is 3.78. The number of ether oxygens (including phenoxy) is 1. The Morgan fingerprint density at radius 2 is 2.00 bits per heavy atom. The number of hydrogen-bond acceptors (Lipinski definition) is 6. The van der Waals surface area contributed by atoms with Crippen LogP contribution in [0.15, 0.2) is 58.2 Å². The van der Waals surface area contributed by atoms with E-state index in [0.717, 1.165) is 24.3 Å². The second kappa shape index (κ2) is 7.88.